The fourth-order valence-electron chi connectivity index (χ4n) is 3.37. The Balaban J connectivity index is 2.36. The van der Waals surface area contributed by atoms with E-state index in [1.807, 2.05) is 32.0 Å². The summed E-state index contributed by atoms with van der Waals surface area (Å²) in [6.07, 6.45) is 0.704. The highest BCUT2D eigenvalue weighted by atomic mass is 16.6. The number of anilines is 1. The van der Waals surface area contributed by atoms with Gasteiger partial charge in [0.05, 0.1) is 0 Å². The number of nitrogens with zero attached hydrogens (tertiary/aromatic N) is 1. The molecule has 8 nitrogen and oxygen atoms in total. The first-order valence-electron chi connectivity index (χ1n) is 11.4. The Morgan fingerprint density at radius 2 is 1.71 bits per heavy atom. The third-order valence-electron chi connectivity index (χ3n) is 5.05. The van der Waals surface area contributed by atoms with Crippen molar-refractivity contribution in [1.82, 2.24) is 10.2 Å². The highest BCUT2D eigenvalue weighted by molar-refractivity contribution is 5.99. The number of phenolic OH excluding ortho intramolecular Hbond substituents is 1. The molecule has 0 aliphatic rings. The topological polar surface area (TPSA) is 108 Å². The molecule has 0 saturated carbocycles. The number of phenols is 1. The summed E-state index contributed by atoms with van der Waals surface area (Å²) >= 11 is 0. The third-order valence-corrected chi connectivity index (χ3v) is 5.05. The summed E-state index contributed by atoms with van der Waals surface area (Å²) in [5.74, 6) is -1.02. The zero-order valence-electron chi connectivity index (χ0n) is 20.6. The molecule has 0 radical (unpaired) electrons. The maximum Gasteiger partial charge on any atom is 0.408 e. The highest BCUT2D eigenvalue weighted by Crippen LogP contribution is 2.31. The Hall–Kier alpha value is -3.55. The Bertz CT molecular complexity index is 1000. The number of aryl methyl sites for hydroxylation is 1. The first kappa shape index (κ1) is 26.7. The van der Waals surface area contributed by atoms with Crippen molar-refractivity contribution < 1.29 is 24.2 Å². The second-order valence-electron chi connectivity index (χ2n) is 9.06. The van der Waals surface area contributed by atoms with Crippen molar-refractivity contribution in [3.05, 3.63) is 59.7 Å². The molecule has 0 aromatic heterocycles. The molecule has 2 aromatic rings. The summed E-state index contributed by atoms with van der Waals surface area (Å²) in [5.41, 5.74) is 1.07. The van der Waals surface area contributed by atoms with Gasteiger partial charge in [-0.15, -0.1) is 0 Å². The summed E-state index contributed by atoms with van der Waals surface area (Å²) in [5, 5.41) is 15.9. The Morgan fingerprint density at radius 3 is 2.32 bits per heavy atom. The number of rotatable bonds is 9. The monoisotopic (exact) mass is 469 g/mol. The van der Waals surface area contributed by atoms with Gasteiger partial charge in [-0.2, -0.15) is 0 Å². The van der Waals surface area contributed by atoms with E-state index in [0.29, 0.717) is 17.7 Å². The molecule has 3 amide bonds. The van der Waals surface area contributed by atoms with E-state index in [0.717, 1.165) is 12.0 Å². The van der Waals surface area contributed by atoms with E-state index in [-0.39, 0.29) is 18.8 Å². The van der Waals surface area contributed by atoms with E-state index in [1.165, 1.54) is 11.0 Å². The van der Waals surface area contributed by atoms with Gasteiger partial charge in [-0.25, -0.2) is 4.79 Å². The number of hydrogen-bond donors (Lipinski definition) is 3. The predicted molar refractivity (Wildman–Crippen MR) is 132 cm³/mol. The Labute approximate surface area is 201 Å². The number of ether oxygens (including phenoxy) is 1. The molecule has 0 aliphatic carbocycles. The molecule has 0 heterocycles. The van der Waals surface area contributed by atoms with Crippen LogP contribution in [-0.2, 0) is 14.3 Å². The number of alkyl carbamates (subject to hydrolysis) is 1. The van der Waals surface area contributed by atoms with Gasteiger partial charge in [-0.05, 0) is 51.8 Å². The van der Waals surface area contributed by atoms with Crippen molar-refractivity contribution in [2.45, 2.75) is 59.1 Å². The van der Waals surface area contributed by atoms with Crippen molar-refractivity contribution in [2.75, 3.05) is 18.4 Å². The first-order chi connectivity index (χ1) is 16.0. The molecule has 8 heteroatoms. The molecule has 0 fully saturated rings. The standard InChI is InChI=1S/C26H35N3O5/c1-6-7-16-29(22(31)17-27-25(33)34-26(3,4)5)23(19-13-9-11-15-21(19)30)24(32)28-20-14-10-8-12-18(20)2/h8-15,23,30H,6-7,16-17H2,1-5H3,(H,27,33)(H,28,32). The number of aromatic hydroxyl groups is 1. The first-order valence-corrected chi connectivity index (χ1v) is 11.4. The molecule has 184 valence electrons. The minimum Gasteiger partial charge on any atom is -0.508 e. The van der Waals surface area contributed by atoms with Crippen LogP contribution in [0.3, 0.4) is 0 Å². The van der Waals surface area contributed by atoms with Crippen LogP contribution in [0.15, 0.2) is 48.5 Å². The quantitative estimate of drug-likeness (QED) is 0.500. The maximum atomic E-state index is 13.5. The number of unbranched alkanes of at least 4 members (excludes halogenated alkanes) is 1. The van der Waals surface area contributed by atoms with Crippen LogP contribution in [0, 0.1) is 6.92 Å². The lowest BCUT2D eigenvalue weighted by atomic mass is 10.0. The van der Waals surface area contributed by atoms with Crippen LogP contribution in [0.4, 0.5) is 10.5 Å². The number of nitrogens with one attached hydrogen (secondary N) is 2. The lowest BCUT2D eigenvalue weighted by molar-refractivity contribution is -0.138. The molecule has 0 spiro atoms. The number of para-hydroxylation sites is 2. The van der Waals surface area contributed by atoms with Gasteiger partial charge in [0.2, 0.25) is 5.91 Å². The smallest absolute Gasteiger partial charge is 0.408 e. The minimum absolute atomic E-state index is 0.0955. The van der Waals surface area contributed by atoms with Crippen LogP contribution in [0.1, 0.15) is 57.7 Å². The predicted octanol–water partition coefficient (Wildman–Crippen LogP) is 4.53. The van der Waals surface area contributed by atoms with Gasteiger partial charge in [0.25, 0.3) is 5.91 Å². The van der Waals surface area contributed by atoms with Gasteiger partial charge in [-0.3, -0.25) is 9.59 Å². The molecule has 2 aromatic carbocycles. The molecule has 0 bridgehead atoms. The maximum absolute atomic E-state index is 13.5. The Morgan fingerprint density at radius 1 is 1.06 bits per heavy atom. The fraction of sp³-hybridized carbons (Fsp3) is 0.423. The zero-order chi connectivity index (χ0) is 25.3. The lowest BCUT2D eigenvalue weighted by Gasteiger charge is -2.32. The summed E-state index contributed by atoms with van der Waals surface area (Å²) in [6.45, 7) is 8.95. The average Bonchev–Trinajstić information content (AvgIpc) is 2.76. The van der Waals surface area contributed by atoms with Gasteiger partial charge >= 0.3 is 6.09 Å². The SMILES string of the molecule is CCCCN(C(=O)CNC(=O)OC(C)(C)C)C(C(=O)Nc1ccccc1C)c1ccccc1O. The van der Waals surface area contributed by atoms with Gasteiger partial charge in [-0.1, -0.05) is 49.7 Å². The normalized spacial score (nSPS) is 11.9. The summed E-state index contributed by atoms with van der Waals surface area (Å²) < 4.78 is 5.21. The van der Waals surface area contributed by atoms with Crippen LogP contribution >= 0.6 is 0 Å². The second-order valence-corrected chi connectivity index (χ2v) is 9.06. The number of amides is 3. The van der Waals surface area contributed by atoms with E-state index in [2.05, 4.69) is 10.6 Å². The molecule has 0 aliphatic heterocycles. The van der Waals surface area contributed by atoms with E-state index in [4.69, 9.17) is 4.74 Å². The number of carbonyl (C=O) groups is 3. The zero-order valence-corrected chi connectivity index (χ0v) is 20.6. The van der Waals surface area contributed by atoms with Crippen LogP contribution in [-0.4, -0.2) is 46.6 Å². The second kappa shape index (κ2) is 12.1. The van der Waals surface area contributed by atoms with Crippen molar-refractivity contribution in [3.63, 3.8) is 0 Å². The van der Waals surface area contributed by atoms with Crippen molar-refractivity contribution in [2.24, 2.45) is 0 Å². The van der Waals surface area contributed by atoms with Crippen LogP contribution in [0.2, 0.25) is 0 Å². The van der Waals surface area contributed by atoms with Gasteiger partial charge in [0.1, 0.15) is 23.9 Å². The molecule has 0 saturated heterocycles. The largest absolute Gasteiger partial charge is 0.508 e. The van der Waals surface area contributed by atoms with E-state index >= 15 is 0 Å². The number of hydrogen-bond acceptors (Lipinski definition) is 5. The fourth-order valence-corrected chi connectivity index (χ4v) is 3.37. The van der Waals surface area contributed by atoms with Gasteiger partial charge in [0, 0.05) is 17.8 Å². The molecule has 2 rings (SSSR count). The molecular weight excluding hydrogens is 434 g/mol. The average molecular weight is 470 g/mol. The van der Waals surface area contributed by atoms with Crippen molar-refractivity contribution in [1.29, 1.82) is 0 Å². The highest BCUT2D eigenvalue weighted by Gasteiger charge is 2.33. The molecular formula is C26H35N3O5. The lowest BCUT2D eigenvalue weighted by Crippen LogP contribution is -2.47. The van der Waals surface area contributed by atoms with Gasteiger partial charge in [0.15, 0.2) is 0 Å². The van der Waals surface area contributed by atoms with E-state index in [1.54, 1.807) is 45.0 Å². The van der Waals surface area contributed by atoms with Crippen molar-refractivity contribution >= 4 is 23.6 Å². The van der Waals surface area contributed by atoms with Crippen LogP contribution in [0.5, 0.6) is 5.75 Å². The molecule has 1 unspecified atom stereocenters. The summed E-state index contributed by atoms with van der Waals surface area (Å²) in [6, 6.07) is 12.7. The van der Waals surface area contributed by atoms with Crippen LogP contribution in [0.25, 0.3) is 0 Å². The number of benzene rings is 2. The van der Waals surface area contributed by atoms with Crippen LogP contribution < -0.4 is 10.6 Å². The molecule has 34 heavy (non-hydrogen) atoms. The molecule has 1 atom stereocenters. The van der Waals surface area contributed by atoms with E-state index in [9.17, 15) is 19.5 Å². The van der Waals surface area contributed by atoms with Gasteiger partial charge < -0.3 is 25.4 Å². The summed E-state index contributed by atoms with van der Waals surface area (Å²) in [7, 11) is 0. The Kier molecular flexibility index (Phi) is 9.47. The summed E-state index contributed by atoms with van der Waals surface area (Å²) in [4.78, 5) is 40.3. The van der Waals surface area contributed by atoms with E-state index < -0.39 is 29.6 Å². The number of carbonyl (C=O) groups excluding carboxylic acids is 3. The van der Waals surface area contributed by atoms with Crippen molar-refractivity contribution in [3.8, 4) is 5.75 Å². The molecule has 3 N–H and O–H groups in total. The minimum atomic E-state index is -1.10. The third kappa shape index (κ3) is 7.79.